The molecule has 3 nitrogen and oxygen atoms in total. The lowest BCUT2D eigenvalue weighted by Gasteiger charge is -2.19. The number of benzene rings is 2. The summed E-state index contributed by atoms with van der Waals surface area (Å²) < 4.78 is 8.51. The van der Waals surface area contributed by atoms with Crippen molar-refractivity contribution in [3.63, 3.8) is 0 Å². The SMILES string of the molecule is CCCCCCCCCCCCn1c(COc2ccc(C(C)(C)C)cc2)nc2ccccc21. The maximum atomic E-state index is 6.15. The van der Waals surface area contributed by atoms with Gasteiger partial charge in [0.1, 0.15) is 18.2 Å². The lowest BCUT2D eigenvalue weighted by Crippen LogP contribution is -2.11. The summed E-state index contributed by atoms with van der Waals surface area (Å²) >= 11 is 0. The molecule has 33 heavy (non-hydrogen) atoms. The molecule has 1 aromatic heterocycles. The number of imidazole rings is 1. The summed E-state index contributed by atoms with van der Waals surface area (Å²) in [5, 5.41) is 0. The Morgan fingerprint density at radius 3 is 2.00 bits per heavy atom. The third-order valence-electron chi connectivity index (χ3n) is 6.56. The Morgan fingerprint density at radius 1 is 0.758 bits per heavy atom. The number of rotatable bonds is 14. The van der Waals surface area contributed by atoms with E-state index < -0.39 is 0 Å². The van der Waals surface area contributed by atoms with Gasteiger partial charge < -0.3 is 9.30 Å². The molecule has 180 valence electrons. The summed E-state index contributed by atoms with van der Waals surface area (Å²) in [6, 6.07) is 17.0. The van der Waals surface area contributed by atoms with E-state index in [9.17, 15) is 0 Å². The molecule has 0 bridgehead atoms. The monoisotopic (exact) mass is 448 g/mol. The molecule has 1 heterocycles. The van der Waals surface area contributed by atoms with Crippen LogP contribution in [-0.2, 0) is 18.6 Å². The minimum Gasteiger partial charge on any atom is -0.486 e. The molecule has 3 rings (SSSR count). The van der Waals surface area contributed by atoms with Crippen molar-refractivity contribution < 1.29 is 4.74 Å². The van der Waals surface area contributed by atoms with Gasteiger partial charge >= 0.3 is 0 Å². The lowest BCUT2D eigenvalue weighted by atomic mass is 9.87. The van der Waals surface area contributed by atoms with Crippen molar-refractivity contribution in [1.29, 1.82) is 0 Å². The van der Waals surface area contributed by atoms with E-state index in [1.165, 1.54) is 75.3 Å². The van der Waals surface area contributed by atoms with Crippen LogP contribution < -0.4 is 4.74 Å². The first kappa shape index (κ1) is 25.3. The number of fused-ring (bicyclic) bond motifs is 1. The van der Waals surface area contributed by atoms with Gasteiger partial charge in [-0.3, -0.25) is 0 Å². The van der Waals surface area contributed by atoms with Crippen LogP contribution in [0.5, 0.6) is 5.75 Å². The standard InChI is InChI=1S/C30H44N2O/c1-5-6-7-8-9-10-11-12-13-16-23-32-28-18-15-14-17-27(28)31-29(32)24-33-26-21-19-25(20-22-26)30(2,3)4/h14-15,17-22H,5-13,16,23-24H2,1-4H3. The Labute approximate surface area is 201 Å². The predicted octanol–water partition coefficient (Wildman–Crippen LogP) is 8.83. The van der Waals surface area contributed by atoms with E-state index in [4.69, 9.17) is 9.72 Å². The first-order chi connectivity index (χ1) is 16.0. The molecule has 3 heteroatoms. The zero-order valence-corrected chi connectivity index (χ0v) is 21.4. The maximum absolute atomic E-state index is 6.15. The van der Waals surface area contributed by atoms with Gasteiger partial charge in [0.25, 0.3) is 0 Å². The molecule has 2 aromatic carbocycles. The average Bonchev–Trinajstić information content (AvgIpc) is 3.16. The molecule has 0 amide bonds. The number of nitrogens with zero attached hydrogens (tertiary/aromatic N) is 2. The van der Waals surface area contributed by atoms with E-state index in [1.807, 2.05) is 0 Å². The van der Waals surface area contributed by atoms with Crippen LogP contribution in [-0.4, -0.2) is 9.55 Å². The fourth-order valence-electron chi connectivity index (χ4n) is 4.44. The molecule has 0 unspecified atom stereocenters. The van der Waals surface area contributed by atoms with Crippen molar-refractivity contribution in [2.45, 2.75) is 110 Å². The molecule has 3 aromatic rings. The van der Waals surface area contributed by atoms with Crippen molar-refractivity contribution in [3.05, 3.63) is 59.9 Å². The fraction of sp³-hybridized carbons (Fsp3) is 0.567. The van der Waals surface area contributed by atoms with Crippen LogP contribution in [0.4, 0.5) is 0 Å². The molecular weight excluding hydrogens is 404 g/mol. The first-order valence-electron chi connectivity index (χ1n) is 13.2. The second-order valence-corrected chi connectivity index (χ2v) is 10.4. The molecule has 0 fully saturated rings. The number of aryl methyl sites for hydroxylation is 1. The Bertz CT molecular complexity index is 950. The van der Waals surface area contributed by atoms with Gasteiger partial charge in [-0.2, -0.15) is 0 Å². The van der Waals surface area contributed by atoms with Crippen LogP contribution in [0.25, 0.3) is 11.0 Å². The number of unbranched alkanes of at least 4 members (excludes halogenated alkanes) is 9. The summed E-state index contributed by atoms with van der Waals surface area (Å²) in [4.78, 5) is 4.89. The van der Waals surface area contributed by atoms with Crippen LogP contribution >= 0.6 is 0 Å². The largest absolute Gasteiger partial charge is 0.486 e. The molecule has 0 saturated heterocycles. The van der Waals surface area contributed by atoms with Gasteiger partial charge in [0.15, 0.2) is 0 Å². The van der Waals surface area contributed by atoms with Crippen LogP contribution in [0.1, 0.15) is 103 Å². The molecule has 0 spiro atoms. The van der Waals surface area contributed by atoms with Gasteiger partial charge in [-0.05, 0) is 41.7 Å². The van der Waals surface area contributed by atoms with Gasteiger partial charge in [0.05, 0.1) is 11.0 Å². The summed E-state index contributed by atoms with van der Waals surface area (Å²) in [5.41, 5.74) is 3.76. The minimum absolute atomic E-state index is 0.154. The quantitative estimate of drug-likeness (QED) is 0.230. The zero-order chi connectivity index (χ0) is 23.5. The summed E-state index contributed by atoms with van der Waals surface area (Å²) in [6.45, 7) is 10.5. The molecule has 0 atom stereocenters. The highest BCUT2D eigenvalue weighted by Gasteiger charge is 2.14. The van der Waals surface area contributed by atoms with Gasteiger partial charge in [0.2, 0.25) is 0 Å². The highest BCUT2D eigenvalue weighted by atomic mass is 16.5. The van der Waals surface area contributed by atoms with Crippen LogP contribution in [0, 0.1) is 0 Å². The van der Waals surface area contributed by atoms with E-state index in [2.05, 4.69) is 80.8 Å². The summed E-state index contributed by atoms with van der Waals surface area (Å²) in [7, 11) is 0. The second-order valence-electron chi connectivity index (χ2n) is 10.4. The van der Waals surface area contributed by atoms with E-state index in [-0.39, 0.29) is 5.41 Å². The van der Waals surface area contributed by atoms with E-state index in [1.54, 1.807) is 0 Å². The molecular formula is C30H44N2O. The predicted molar refractivity (Wildman–Crippen MR) is 141 cm³/mol. The van der Waals surface area contributed by atoms with E-state index >= 15 is 0 Å². The number of aromatic nitrogens is 2. The Balaban J connectivity index is 1.51. The maximum Gasteiger partial charge on any atom is 0.147 e. The average molecular weight is 449 g/mol. The molecule has 0 radical (unpaired) electrons. The van der Waals surface area contributed by atoms with Crippen molar-refractivity contribution in [3.8, 4) is 5.75 Å². The van der Waals surface area contributed by atoms with Gasteiger partial charge in [0, 0.05) is 6.54 Å². The van der Waals surface area contributed by atoms with Crippen molar-refractivity contribution >= 4 is 11.0 Å². The molecule has 0 aliphatic rings. The third kappa shape index (κ3) is 7.91. The molecule has 0 aliphatic heterocycles. The van der Waals surface area contributed by atoms with Crippen molar-refractivity contribution in [2.24, 2.45) is 0 Å². The number of para-hydroxylation sites is 2. The summed E-state index contributed by atoms with van der Waals surface area (Å²) in [5.74, 6) is 1.92. The molecule has 0 saturated carbocycles. The van der Waals surface area contributed by atoms with Crippen molar-refractivity contribution in [1.82, 2.24) is 9.55 Å². The van der Waals surface area contributed by atoms with Gasteiger partial charge in [-0.1, -0.05) is 110 Å². The Hall–Kier alpha value is -2.29. The van der Waals surface area contributed by atoms with Crippen LogP contribution in [0.2, 0.25) is 0 Å². The second kappa shape index (κ2) is 12.8. The van der Waals surface area contributed by atoms with Crippen molar-refractivity contribution in [2.75, 3.05) is 0 Å². The number of ether oxygens (including phenoxy) is 1. The third-order valence-corrected chi connectivity index (χ3v) is 6.56. The minimum atomic E-state index is 0.154. The van der Waals surface area contributed by atoms with Crippen LogP contribution in [0.15, 0.2) is 48.5 Å². The molecule has 0 aliphatic carbocycles. The number of hydrogen-bond acceptors (Lipinski definition) is 2. The number of hydrogen-bond donors (Lipinski definition) is 0. The zero-order valence-electron chi connectivity index (χ0n) is 21.4. The highest BCUT2D eigenvalue weighted by molar-refractivity contribution is 5.75. The van der Waals surface area contributed by atoms with Gasteiger partial charge in [-0.25, -0.2) is 4.98 Å². The van der Waals surface area contributed by atoms with E-state index in [0.29, 0.717) is 6.61 Å². The van der Waals surface area contributed by atoms with E-state index in [0.717, 1.165) is 23.6 Å². The lowest BCUT2D eigenvalue weighted by molar-refractivity contribution is 0.289. The summed E-state index contributed by atoms with van der Waals surface area (Å²) in [6.07, 6.45) is 13.6. The Morgan fingerprint density at radius 2 is 1.36 bits per heavy atom. The van der Waals surface area contributed by atoms with Crippen LogP contribution in [0.3, 0.4) is 0 Å². The smallest absolute Gasteiger partial charge is 0.147 e. The topological polar surface area (TPSA) is 27.1 Å². The first-order valence-corrected chi connectivity index (χ1v) is 13.2. The highest BCUT2D eigenvalue weighted by Crippen LogP contribution is 2.25. The fourth-order valence-corrected chi connectivity index (χ4v) is 4.44. The van der Waals surface area contributed by atoms with Gasteiger partial charge in [-0.15, -0.1) is 0 Å². The normalized spacial score (nSPS) is 11.9. The Kier molecular flexibility index (Phi) is 9.84. The molecule has 0 N–H and O–H groups in total.